The highest BCUT2D eigenvalue weighted by molar-refractivity contribution is 9.11. The number of hydrogen-bond donors (Lipinski definition) is 1. The number of carbonyl (C=O) groups is 1. The van der Waals surface area contributed by atoms with Gasteiger partial charge in [-0.2, -0.15) is 0 Å². The lowest BCUT2D eigenvalue weighted by molar-refractivity contribution is 0.0690. The van der Waals surface area contributed by atoms with Crippen LogP contribution in [0.3, 0.4) is 0 Å². The van der Waals surface area contributed by atoms with Gasteiger partial charge in [-0.05, 0) is 37.0 Å². The van der Waals surface area contributed by atoms with Gasteiger partial charge in [0.25, 0.3) is 0 Å². The van der Waals surface area contributed by atoms with Gasteiger partial charge in [-0.3, -0.25) is 0 Å². The highest BCUT2D eigenvalue weighted by atomic mass is 79.9. The van der Waals surface area contributed by atoms with Crippen molar-refractivity contribution in [3.05, 3.63) is 34.1 Å². The molecule has 0 aromatic carbocycles. The number of carboxylic acid groups (broad SMARTS) is 1. The zero-order valence-electron chi connectivity index (χ0n) is 8.03. The minimum atomic E-state index is -0.980. The van der Waals surface area contributed by atoms with Gasteiger partial charge in [0.2, 0.25) is 0 Å². The topological polar surface area (TPSA) is 50.2 Å². The van der Waals surface area contributed by atoms with Crippen LogP contribution in [0.15, 0.2) is 22.7 Å². The Kier molecular flexibility index (Phi) is 2.86. The van der Waals surface area contributed by atoms with Crippen molar-refractivity contribution in [2.75, 3.05) is 0 Å². The van der Waals surface area contributed by atoms with E-state index in [0.29, 0.717) is 0 Å². The van der Waals surface area contributed by atoms with Gasteiger partial charge < -0.3 is 5.11 Å². The van der Waals surface area contributed by atoms with Crippen molar-refractivity contribution < 1.29 is 9.90 Å². The Bertz CT molecular complexity index is 440. The van der Waals surface area contributed by atoms with E-state index in [1.54, 1.807) is 6.07 Å². The summed E-state index contributed by atoms with van der Waals surface area (Å²) >= 11 is 3.50. The molecule has 1 aliphatic rings. The lowest BCUT2D eigenvalue weighted by Gasteiger charge is -2.03. The molecule has 0 saturated carbocycles. The average molecular weight is 268 g/mol. The van der Waals surface area contributed by atoms with Crippen LogP contribution in [0.5, 0.6) is 0 Å². The van der Waals surface area contributed by atoms with E-state index in [9.17, 15) is 4.79 Å². The van der Waals surface area contributed by atoms with Gasteiger partial charge in [-0.1, -0.05) is 22.0 Å². The number of hydrogen-bond acceptors (Lipinski definition) is 2. The van der Waals surface area contributed by atoms with Crippen molar-refractivity contribution in [3.8, 4) is 0 Å². The van der Waals surface area contributed by atoms with Gasteiger partial charge in [-0.15, -0.1) is 0 Å². The standard InChI is InChI=1S/C11H10BrNO2/c12-8-4-1-3-7(8)9-5-2-6-10(13-9)11(14)15/h2,5-6H,1,3-4H2,(H,14,15). The van der Waals surface area contributed by atoms with Crippen molar-refractivity contribution in [3.63, 3.8) is 0 Å². The Hall–Kier alpha value is -1.16. The maximum absolute atomic E-state index is 10.8. The third kappa shape index (κ3) is 2.09. The van der Waals surface area contributed by atoms with Crippen LogP contribution in [-0.2, 0) is 0 Å². The van der Waals surface area contributed by atoms with Crippen LogP contribution in [0.4, 0.5) is 0 Å². The third-order valence-corrected chi connectivity index (χ3v) is 3.30. The SMILES string of the molecule is O=C(O)c1cccc(C2=C(Br)CCC2)n1. The molecule has 0 spiro atoms. The first kappa shape index (κ1) is 10.4. The smallest absolute Gasteiger partial charge is 0.354 e. The van der Waals surface area contributed by atoms with Crippen LogP contribution in [0.25, 0.3) is 5.57 Å². The van der Waals surface area contributed by atoms with E-state index in [1.807, 2.05) is 6.07 Å². The molecular weight excluding hydrogens is 258 g/mol. The average Bonchev–Trinajstić information content (AvgIpc) is 2.64. The lowest BCUT2D eigenvalue weighted by Crippen LogP contribution is -2.01. The first-order valence-corrected chi connectivity index (χ1v) is 5.56. The molecule has 0 aliphatic heterocycles. The van der Waals surface area contributed by atoms with Crippen molar-refractivity contribution in [1.82, 2.24) is 4.98 Å². The molecule has 1 aromatic rings. The molecular formula is C11H10BrNO2. The number of halogens is 1. The summed E-state index contributed by atoms with van der Waals surface area (Å²) in [6.07, 6.45) is 3.10. The number of pyridine rings is 1. The van der Waals surface area contributed by atoms with Crippen LogP contribution in [0.2, 0.25) is 0 Å². The molecule has 0 unspecified atom stereocenters. The van der Waals surface area contributed by atoms with E-state index in [-0.39, 0.29) is 5.69 Å². The van der Waals surface area contributed by atoms with E-state index in [2.05, 4.69) is 20.9 Å². The van der Waals surface area contributed by atoms with E-state index < -0.39 is 5.97 Å². The second-order valence-electron chi connectivity index (χ2n) is 3.45. The monoisotopic (exact) mass is 267 g/mol. The molecule has 0 saturated heterocycles. The van der Waals surface area contributed by atoms with Crippen LogP contribution in [-0.4, -0.2) is 16.1 Å². The normalized spacial score (nSPS) is 15.8. The zero-order chi connectivity index (χ0) is 10.8. The highest BCUT2D eigenvalue weighted by Crippen LogP contribution is 2.36. The number of nitrogens with zero attached hydrogens (tertiary/aromatic N) is 1. The van der Waals surface area contributed by atoms with Crippen molar-refractivity contribution in [1.29, 1.82) is 0 Å². The van der Waals surface area contributed by atoms with Gasteiger partial charge in [0, 0.05) is 4.48 Å². The fraction of sp³-hybridized carbons (Fsp3) is 0.273. The third-order valence-electron chi connectivity index (χ3n) is 2.43. The summed E-state index contributed by atoms with van der Waals surface area (Å²) in [5, 5.41) is 8.83. The van der Waals surface area contributed by atoms with Gasteiger partial charge in [0.1, 0.15) is 5.69 Å². The second-order valence-corrected chi connectivity index (χ2v) is 4.41. The Morgan fingerprint density at radius 2 is 2.20 bits per heavy atom. The van der Waals surface area contributed by atoms with E-state index in [1.165, 1.54) is 6.07 Å². The fourth-order valence-corrected chi connectivity index (χ4v) is 2.38. The minimum Gasteiger partial charge on any atom is -0.477 e. The van der Waals surface area contributed by atoms with Gasteiger partial charge in [-0.25, -0.2) is 9.78 Å². The molecule has 0 atom stereocenters. The van der Waals surface area contributed by atoms with Crippen LogP contribution in [0, 0.1) is 0 Å². The predicted octanol–water partition coefficient (Wildman–Crippen LogP) is 3.07. The largest absolute Gasteiger partial charge is 0.477 e. The zero-order valence-corrected chi connectivity index (χ0v) is 9.62. The van der Waals surface area contributed by atoms with Crippen LogP contribution < -0.4 is 0 Å². The Labute approximate surface area is 96.0 Å². The molecule has 0 fully saturated rings. The Morgan fingerprint density at radius 1 is 1.40 bits per heavy atom. The Balaban J connectivity index is 2.41. The summed E-state index contributed by atoms with van der Waals surface area (Å²) in [4.78, 5) is 14.9. The number of aromatic nitrogens is 1. The first-order valence-electron chi connectivity index (χ1n) is 4.77. The molecule has 0 bridgehead atoms. The molecule has 78 valence electrons. The molecule has 15 heavy (non-hydrogen) atoms. The Morgan fingerprint density at radius 3 is 2.80 bits per heavy atom. The van der Waals surface area contributed by atoms with E-state index in [4.69, 9.17) is 5.11 Å². The van der Waals surface area contributed by atoms with E-state index in [0.717, 1.165) is 35.0 Å². The molecule has 1 N–H and O–H groups in total. The summed E-state index contributed by atoms with van der Waals surface area (Å²) in [5.74, 6) is -0.980. The first-order chi connectivity index (χ1) is 7.18. The number of allylic oxidation sites excluding steroid dienone is 2. The summed E-state index contributed by atoms with van der Waals surface area (Å²) in [6.45, 7) is 0. The maximum atomic E-state index is 10.8. The van der Waals surface area contributed by atoms with Crippen LogP contribution >= 0.6 is 15.9 Å². The van der Waals surface area contributed by atoms with Gasteiger partial charge in [0.15, 0.2) is 0 Å². The lowest BCUT2D eigenvalue weighted by atomic mass is 10.1. The van der Waals surface area contributed by atoms with Gasteiger partial charge >= 0.3 is 5.97 Å². The van der Waals surface area contributed by atoms with Gasteiger partial charge in [0.05, 0.1) is 5.69 Å². The van der Waals surface area contributed by atoms with E-state index >= 15 is 0 Å². The molecule has 1 aromatic heterocycles. The highest BCUT2D eigenvalue weighted by Gasteiger charge is 2.16. The second kappa shape index (κ2) is 4.14. The summed E-state index contributed by atoms with van der Waals surface area (Å²) < 4.78 is 1.15. The molecule has 0 radical (unpaired) electrons. The van der Waals surface area contributed by atoms with Crippen molar-refractivity contribution >= 4 is 27.5 Å². The number of rotatable bonds is 2. The summed E-state index contributed by atoms with van der Waals surface area (Å²) in [7, 11) is 0. The van der Waals surface area contributed by atoms with Crippen molar-refractivity contribution in [2.24, 2.45) is 0 Å². The predicted molar refractivity (Wildman–Crippen MR) is 60.9 cm³/mol. The molecule has 1 aliphatic carbocycles. The molecule has 1 heterocycles. The number of carboxylic acids is 1. The maximum Gasteiger partial charge on any atom is 0.354 e. The minimum absolute atomic E-state index is 0.104. The summed E-state index contributed by atoms with van der Waals surface area (Å²) in [6, 6.07) is 5.10. The van der Waals surface area contributed by atoms with Crippen molar-refractivity contribution in [2.45, 2.75) is 19.3 Å². The molecule has 3 nitrogen and oxygen atoms in total. The molecule has 0 amide bonds. The quantitative estimate of drug-likeness (QED) is 0.896. The number of aromatic carboxylic acids is 1. The molecule has 4 heteroatoms. The fourth-order valence-electron chi connectivity index (χ4n) is 1.70. The summed E-state index contributed by atoms with van der Waals surface area (Å²) in [5.41, 5.74) is 2.02. The molecule has 2 rings (SSSR count). The van der Waals surface area contributed by atoms with Crippen LogP contribution in [0.1, 0.15) is 35.4 Å².